The van der Waals surface area contributed by atoms with E-state index in [2.05, 4.69) is 0 Å². The molecule has 0 atom stereocenters. The van der Waals surface area contributed by atoms with Crippen molar-refractivity contribution in [1.82, 2.24) is 0 Å². The van der Waals surface area contributed by atoms with Gasteiger partial charge in [0.15, 0.2) is 11.5 Å². The molecule has 0 unspecified atom stereocenters. The summed E-state index contributed by atoms with van der Waals surface area (Å²) in [4.78, 5) is 0. The van der Waals surface area contributed by atoms with Crippen molar-refractivity contribution in [3.05, 3.63) is 42.3 Å². The van der Waals surface area contributed by atoms with Crippen LogP contribution in [0, 0.1) is 0 Å². The second kappa shape index (κ2) is 5.88. The fourth-order valence-electron chi connectivity index (χ4n) is 1.59. The van der Waals surface area contributed by atoms with Gasteiger partial charge in [0, 0.05) is 11.1 Å². The van der Waals surface area contributed by atoms with Crippen LogP contribution in [0.2, 0.25) is 30.1 Å². The van der Waals surface area contributed by atoms with E-state index in [0.29, 0.717) is 5.56 Å². The number of halogens is 6. The van der Waals surface area contributed by atoms with Crippen LogP contribution in [0.1, 0.15) is 0 Å². The molecule has 0 bridgehead atoms. The highest BCUT2D eigenvalue weighted by molar-refractivity contribution is 6.49. The van der Waals surface area contributed by atoms with E-state index in [4.69, 9.17) is 69.6 Å². The van der Waals surface area contributed by atoms with Crippen molar-refractivity contribution >= 4 is 69.6 Å². The zero-order valence-electron chi connectivity index (χ0n) is 9.32. The molecule has 20 heavy (non-hydrogen) atoms. The maximum absolute atomic E-state index is 9.74. The molecular formula is C12H4Cl6O2. The summed E-state index contributed by atoms with van der Waals surface area (Å²) in [6.07, 6.45) is 0. The minimum atomic E-state index is -0.610. The summed E-state index contributed by atoms with van der Waals surface area (Å²) < 4.78 is 0. The molecule has 0 fully saturated rings. The van der Waals surface area contributed by atoms with Crippen molar-refractivity contribution in [3.8, 4) is 22.6 Å². The Morgan fingerprint density at radius 2 is 1.10 bits per heavy atom. The lowest BCUT2D eigenvalue weighted by atomic mass is 10.0. The molecule has 0 amide bonds. The zero-order chi connectivity index (χ0) is 15.2. The molecule has 0 aliphatic rings. The summed E-state index contributed by atoms with van der Waals surface area (Å²) in [6.45, 7) is 0. The number of benzene rings is 2. The van der Waals surface area contributed by atoms with Crippen LogP contribution in [0.15, 0.2) is 12.1 Å². The highest BCUT2D eigenvalue weighted by Gasteiger charge is 2.23. The van der Waals surface area contributed by atoms with Gasteiger partial charge in [-0.2, -0.15) is 0 Å². The van der Waals surface area contributed by atoms with E-state index in [1.54, 1.807) is 0 Å². The van der Waals surface area contributed by atoms with Crippen molar-refractivity contribution in [1.29, 1.82) is 0 Å². The summed E-state index contributed by atoms with van der Waals surface area (Å²) in [5, 5.41) is 19.5. The van der Waals surface area contributed by atoms with Crippen LogP contribution in [0.4, 0.5) is 0 Å². The lowest BCUT2D eigenvalue weighted by Crippen LogP contribution is -1.88. The van der Waals surface area contributed by atoms with E-state index < -0.39 is 11.5 Å². The first kappa shape index (κ1) is 16.2. The van der Waals surface area contributed by atoms with Crippen LogP contribution in [0.3, 0.4) is 0 Å². The Morgan fingerprint density at radius 1 is 0.600 bits per heavy atom. The maximum atomic E-state index is 9.74. The third-order valence-corrected chi connectivity index (χ3v) is 4.80. The Labute approximate surface area is 144 Å². The molecule has 2 aromatic carbocycles. The average Bonchev–Trinajstić information content (AvgIpc) is 2.40. The fraction of sp³-hybridized carbons (Fsp3) is 0. The molecule has 106 valence electrons. The van der Waals surface area contributed by atoms with Gasteiger partial charge >= 0.3 is 0 Å². The largest absolute Gasteiger partial charge is 0.503 e. The predicted octanol–water partition coefficient (Wildman–Crippen LogP) is 6.69. The molecule has 0 heterocycles. The summed E-state index contributed by atoms with van der Waals surface area (Å²) >= 11 is 35.7. The number of aromatic hydroxyl groups is 2. The Hall–Kier alpha value is -0.220. The molecule has 0 aliphatic carbocycles. The van der Waals surface area contributed by atoms with Crippen molar-refractivity contribution in [2.45, 2.75) is 0 Å². The van der Waals surface area contributed by atoms with Gasteiger partial charge in [-0.3, -0.25) is 0 Å². The molecule has 0 radical (unpaired) electrons. The Balaban J connectivity index is 2.87. The summed E-state index contributed by atoms with van der Waals surface area (Å²) in [5.41, 5.74) is 0.477. The molecule has 0 spiro atoms. The lowest BCUT2D eigenvalue weighted by Gasteiger charge is -2.14. The van der Waals surface area contributed by atoms with E-state index in [9.17, 15) is 10.2 Å². The van der Waals surface area contributed by atoms with Crippen LogP contribution in [0.5, 0.6) is 11.5 Å². The minimum Gasteiger partial charge on any atom is -0.503 e. The maximum Gasteiger partial charge on any atom is 0.179 e. The highest BCUT2D eigenvalue weighted by atomic mass is 35.5. The summed E-state index contributed by atoms with van der Waals surface area (Å²) in [6, 6.07) is 2.84. The van der Waals surface area contributed by atoms with Crippen LogP contribution < -0.4 is 0 Å². The second-order valence-corrected chi connectivity index (χ2v) is 6.12. The average molecular weight is 393 g/mol. The summed E-state index contributed by atoms with van der Waals surface area (Å²) in [7, 11) is 0. The number of rotatable bonds is 1. The monoisotopic (exact) mass is 390 g/mol. The van der Waals surface area contributed by atoms with Crippen LogP contribution in [-0.2, 0) is 0 Å². The Morgan fingerprint density at radius 3 is 1.70 bits per heavy atom. The first-order chi connectivity index (χ1) is 9.25. The zero-order valence-corrected chi connectivity index (χ0v) is 13.9. The molecule has 8 heteroatoms. The minimum absolute atomic E-state index is 0.0627. The van der Waals surface area contributed by atoms with Crippen LogP contribution in [0.25, 0.3) is 11.1 Å². The van der Waals surface area contributed by atoms with Gasteiger partial charge in [0.05, 0.1) is 25.1 Å². The molecule has 0 saturated carbocycles. The SMILES string of the molecule is Oc1c(O)c(Cl)c(-c2cc(Cl)c(Cl)cc2Cl)c(Cl)c1Cl. The highest BCUT2D eigenvalue weighted by Crippen LogP contribution is 2.52. The molecule has 0 aromatic heterocycles. The van der Waals surface area contributed by atoms with Crippen LogP contribution in [-0.4, -0.2) is 10.2 Å². The van der Waals surface area contributed by atoms with Gasteiger partial charge < -0.3 is 10.2 Å². The second-order valence-electron chi connectivity index (χ2n) is 3.76. The van der Waals surface area contributed by atoms with E-state index in [1.807, 2.05) is 0 Å². The van der Waals surface area contributed by atoms with E-state index in [1.165, 1.54) is 12.1 Å². The predicted molar refractivity (Wildman–Crippen MR) is 85.3 cm³/mol. The molecule has 2 N–H and O–H groups in total. The van der Waals surface area contributed by atoms with Gasteiger partial charge in [-0.15, -0.1) is 0 Å². The number of phenols is 2. The van der Waals surface area contributed by atoms with Crippen molar-refractivity contribution in [2.24, 2.45) is 0 Å². The van der Waals surface area contributed by atoms with Gasteiger partial charge in [0.2, 0.25) is 0 Å². The molecule has 0 aliphatic heterocycles. The van der Waals surface area contributed by atoms with Gasteiger partial charge in [0.25, 0.3) is 0 Å². The molecule has 2 nitrogen and oxygen atoms in total. The molecule has 2 rings (SSSR count). The van der Waals surface area contributed by atoms with E-state index in [0.717, 1.165) is 0 Å². The topological polar surface area (TPSA) is 40.5 Å². The third kappa shape index (κ3) is 2.61. The first-order valence-electron chi connectivity index (χ1n) is 4.99. The number of phenolic OH excluding ortho intramolecular Hbond substituents is 2. The number of hydrogen-bond donors (Lipinski definition) is 2. The molecule has 0 saturated heterocycles. The smallest absolute Gasteiger partial charge is 0.179 e. The molecular weight excluding hydrogens is 389 g/mol. The van der Waals surface area contributed by atoms with Crippen molar-refractivity contribution in [2.75, 3.05) is 0 Å². The van der Waals surface area contributed by atoms with E-state index in [-0.39, 0.29) is 35.7 Å². The van der Waals surface area contributed by atoms with Gasteiger partial charge in [-0.1, -0.05) is 69.6 Å². The summed E-state index contributed by atoms with van der Waals surface area (Å²) in [5.74, 6) is -1.21. The van der Waals surface area contributed by atoms with Crippen molar-refractivity contribution in [3.63, 3.8) is 0 Å². The quantitative estimate of drug-likeness (QED) is 0.419. The number of hydrogen-bond acceptors (Lipinski definition) is 2. The standard InChI is InChI=1S/C12H4Cl6O2/c13-4-2-6(15)5(14)1-3(4)7-8(16)10(18)12(20)11(19)9(7)17/h1-2,19-20H. The van der Waals surface area contributed by atoms with Crippen molar-refractivity contribution < 1.29 is 10.2 Å². The Bertz CT molecular complexity index is 685. The first-order valence-corrected chi connectivity index (χ1v) is 7.25. The van der Waals surface area contributed by atoms with Gasteiger partial charge in [-0.05, 0) is 12.1 Å². The molecule has 2 aromatic rings. The van der Waals surface area contributed by atoms with Gasteiger partial charge in [-0.25, -0.2) is 0 Å². The van der Waals surface area contributed by atoms with Gasteiger partial charge in [0.1, 0.15) is 5.02 Å². The lowest BCUT2D eigenvalue weighted by molar-refractivity contribution is 0.404. The fourth-order valence-corrected chi connectivity index (χ4v) is 3.03. The normalized spacial score (nSPS) is 10.9. The Kier molecular flexibility index (Phi) is 4.75. The van der Waals surface area contributed by atoms with E-state index >= 15 is 0 Å². The third-order valence-electron chi connectivity index (χ3n) is 2.55. The van der Waals surface area contributed by atoms with Crippen LogP contribution >= 0.6 is 69.6 Å².